The van der Waals surface area contributed by atoms with E-state index in [0.717, 1.165) is 12.1 Å². The quantitative estimate of drug-likeness (QED) is 0.586. The number of hydrogen-bond donors (Lipinski definition) is 1. The van der Waals surface area contributed by atoms with Crippen molar-refractivity contribution >= 4 is 9.84 Å². The summed E-state index contributed by atoms with van der Waals surface area (Å²) in [5.74, 6) is 0.0854. The van der Waals surface area contributed by atoms with Gasteiger partial charge in [0.2, 0.25) is 0 Å². The molecule has 1 aromatic rings. The van der Waals surface area contributed by atoms with E-state index in [1.807, 2.05) is 0 Å². The van der Waals surface area contributed by atoms with E-state index in [4.69, 9.17) is 0 Å². The number of benzene rings is 1. The van der Waals surface area contributed by atoms with Gasteiger partial charge in [-0.25, -0.2) is 12.8 Å². The van der Waals surface area contributed by atoms with Crippen molar-refractivity contribution in [2.45, 2.75) is 12.0 Å². The van der Waals surface area contributed by atoms with E-state index >= 15 is 0 Å². The summed E-state index contributed by atoms with van der Waals surface area (Å²) in [6, 6.07) is 5.96. The first-order valence-electron chi connectivity index (χ1n) is 6.87. The van der Waals surface area contributed by atoms with Crippen LogP contribution in [0.25, 0.3) is 0 Å². The highest BCUT2D eigenvalue weighted by Gasteiger charge is 2.50. The Morgan fingerprint density at radius 1 is 1.10 bits per heavy atom. The minimum absolute atomic E-state index is 0. The van der Waals surface area contributed by atoms with Gasteiger partial charge in [0.25, 0.3) is 0 Å². The van der Waals surface area contributed by atoms with Gasteiger partial charge in [0.05, 0.1) is 31.1 Å². The van der Waals surface area contributed by atoms with Crippen molar-refractivity contribution in [1.82, 2.24) is 0 Å². The molecular formula is C14H19ClFNO3S. The Hall–Kier alpha value is -0.690. The molecule has 2 aliphatic heterocycles. The van der Waals surface area contributed by atoms with Gasteiger partial charge in [-0.15, -0.1) is 0 Å². The molecule has 118 valence electrons. The molecule has 7 heteroatoms. The maximum atomic E-state index is 13.0. The standard InChI is InChI=1S/C14H19FNO3S.ClH/c15-13-3-1-12(2-4-13)14(17)5-6-16(11-14)7-9-20(18,19)10-8-16;/h1-4,17H,5-11H2;1H/q+1;/p-1. The van der Waals surface area contributed by atoms with E-state index < -0.39 is 15.4 Å². The lowest BCUT2D eigenvalue weighted by Crippen LogP contribution is -3.00. The van der Waals surface area contributed by atoms with Gasteiger partial charge >= 0.3 is 0 Å². The molecular weight excluding hydrogens is 317 g/mol. The fourth-order valence-electron chi connectivity index (χ4n) is 3.39. The lowest BCUT2D eigenvalue weighted by atomic mass is 9.93. The van der Waals surface area contributed by atoms with E-state index in [0.29, 0.717) is 30.5 Å². The zero-order chi connectivity index (χ0) is 14.4. The van der Waals surface area contributed by atoms with Crippen LogP contribution in [-0.4, -0.2) is 55.7 Å². The van der Waals surface area contributed by atoms with Gasteiger partial charge in [-0.1, -0.05) is 12.1 Å². The lowest BCUT2D eigenvalue weighted by Gasteiger charge is -2.38. The van der Waals surface area contributed by atoms with Gasteiger partial charge in [-0.3, -0.25) is 0 Å². The molecule has 1 spiro atoms. The fraction of sp³-hybridized carbons (Fsp3) is 0.571. The SMILES string of the molecule is O=S1(=O)CC[N+]2(CCC(O)(c3ccc(F)cc3)C2)CC1.[Cl-]. The second-order valence-electron chi connectivity index (χ2n) is 6.11. The number of rotatable bonds is 1. The van der Waals surface area contributed by atoms with Gasteiger partial charge in [-0.2, -0.15) is 0 Å². The molecule has 0 saturated carbocycles. The van der Waals surface area contributed by atoms with Crippen molar-refractivity contribution in [3.05, 3.63) is 35.6 Å². The summed E-state index contributed by atoms with van der Waals surface area (Å²) in [4.78, 5) is 0. The summed E-state index contributed by atoms with van der Waals surface area (Å²) in [5, 5.41) is 10.8. The first-order valence-corrected chi connectivity index (χ1v) is 8.69. The molecule has 2 saturated heterocycles. The molecule has 2 aliphatic rings. The highest BCUT2D eigenvalue weighted by atomic mass is 35.5. The Morgan fingerprint density at radius 2 is 1.67 bits per heavy atom. The monoisotopic (exact) mass is 335 g/mol. The number of halogens is 2. The van der Waals surface area contributed by atoms with Gasteiger partial charge in [0.15, 0.2) is 9.84 Å². The third kappa shape index (κ3) is 3.23. The molecule has 0 bridgehead atoms. The van der Waals surface area contributed by atoms with Crippen molar-refractivity contribution in [1.29, 1.82) is 0 Å². The van der Waals surface area contributed by atoms with Crippen LogP contribution in [0.5, 0.6) is 0 Å². The van der Waals surface area contributed by atoms with Gasteiger partial charge in [0, 0.05) is 6.42 Å². The zero-order valence-electron chi connectivity index (χ0n) is 11.6. The second-order valence-corrected chi connectivity index (χ2v) is 8.41. The molecule has 2 fully saturated rings. The Morgan fingerprint density at radius 3 is 2.24 bits per heavy atom. The summed E-state index contributed by atoms with van der Waals surface area (Å²) in [6.07, 6.45) is 0.596. The van der Waals surface area contributed by atoms with Gasteiger partial charge < -0.3 is 22.0 Å². The number of quaternary nitrogens is 1. The average Bonchev–Trinajstić information content (AvgIpc) is 2.74. The zero-order valence-corrected chi connectivity index (χ0v) is 13.2. The van der Waals surface area contributed by atoms with Crippen LogP contribution in [0.1, 0.15) is 12.0 Å². The number of sulfone groups is 1. The minimum Gasteiger partial charge on any atom is -1.00 e. The molecule has 0 radical (unpaired) electrons. The van der Waals surface area contributed by atoms with Crippen molar-refractivity contribution in [3.63, 3.8) is 0 Å². The first kappa shape index (κ1) is 16.7. The van der Waals surface area contributed by atoms with Gasteiger partial charge in [-0.05, 0) is 17.7 Å². The maximum Gasteiger partial charge on any atom is 0.161 e. The van der Waals surface area contributed by atoms with Crippen molar-refractivity contribution in [2.75, 3.05) is 37.7 Å². The number of nitrogens with zero attached hydrogens (tertiary/aromatic N) is 1. The van der Waals surface area contributed by atoms with Crippen LogP contribution in [0.2, 0.25) is 0 Å². The van der Waals surface area contributed by atoms with Crippen molar-refractivity contribution in [3.8, 4) is 0 Å². The normalized spacial score (nSPS) is 30.0. The smallest absolute Gasteiger partial charge is 0.161 e. The Balaban J connectivity index is 0.00000161. The molecule has 1 N–H and O–H groups in total. The van der Waals surface area contributed by atoms with E-state index in [1.165, 1.54) is 12.1 Å². The lowest BCUT2D eigenvalue weighted by molar-refractivity contribution is -0.916. The predicted molar refractivity (Wildman–Crippen MR) is 73.3 cm³/mol. The molecule has 4 nitrogen and oxygen atoms in total. The fourth-order valence-corrected chi connectivity index (χ4v) is 4.93. The topological polar surface area (TPSA) is 54.4 Å². The Bertz CT molecular complexity index is 606. The summed E-state index contributed by atoms with van der Waals surface area (Å²) in [7, 11) is -2.90. The number of hydrogen-bond acceptors (Lipinski definition) is 3. The number of aliphatic hydroxyl groups is 1. The Kier molecular flexibility index (Phi) is 4.37. The summed E-state index contributed by atoms with van der Waals surface area (Å²) < 4.78 is 36.7. The largest absolute Gasteiger partial charge is 1.00 e. The minimum atomic E-state index is -2.90. The molecule has 0 amide bonds. The van der Waals surface area contributed by atoms with Crippen LogP contribution in [0, 0.1) is 5.82 Å². The molecule has 3 rings (SSSR count). The summed E-state index contributed by atoms with van der Waals surface area (Å²) >= 11 is 0. The van der Waals surface area contributed by atoms with E-state index in [2.05, 4.69) is 0 Å². The van der Waals surface area contributed by atoms with E-state index in [1.54, 1.807) is 12.1 Å². The maximum absolute atomic E-state index is 13.0. The van der Waals surface area contributed by atoms with Crippen molar-refractivity contribution < 1.29 is 34.8 Å². The third-order valence-electron chi connectivity index (χ3n) is 4.73. The van der Waals surface area contributed by atoms with Crippen LogP contribution in [0.15, 0.2) is 24.3 Å². The van der Waals surface area contributed by atoms with Gasteiger partial charge in [0.1, 0.15) is 18.0 Å². The van der Waals surface area contributed by atoms with E-state index in [9.17, 15) is 17.9 Å². The van der Waals surface area contributed by atoms with Crippen LogP contribution in [-0.2, 0) is 15.4 Å². The molecule has 0 aliphatic carbocycles. The van der Waals surface area contributed by atoms with Crippen LogP contribution in [0.3, 0.4) is 0 Å². The predicted octanol–water partition coefficient (Wildman–Crippen LogP) is -2.33. The van der Waals surface area contributed by atoms with E-state index in [-0.39, 0.29) is 29.7 Å². The Labute approximate surface area is 130 Å². The summed E-state index contributed by atoms with van der Waals surface area (Å²) in [6.45, 7) is 2.45. The third-order valence-corrected chi connectivity index (χ3v) is 6.34. The second kappa shape index (κ2) is 5.50. The summed E-state index contributed by atoms with van der Waals surface area (Å²) in [5.41, 5.74) is -0.239. The molecule has 2 heterocycles. The van der Waals surface area contributed by atoms with Crippen molar-refractivity contribution in [2.24, 2.45) is 0 Å². The van der Waals surface area contributed by atoms with Crippen LogP contribution in [0.4, 0.5) is 4.39 Å². The molecule has 1 aromatic carbocycles. The molecule has 1 atom stereocenters. The van der Waals surface area contributed by atoms with Crippen LogP contribution >= 0.6 is 0 Å². The highest BCUT2D eigenvalue weighted by Crippen LogP contribution is 2.37. The molecule has 21 heavy (non-hydrogen) atoms. The van der Waals surface area contributed by atoms with Crippen LogP contribution < -0.4 is 12.4 Å². The first-order chi connectivity index (χ1) is 9.33. The molecule has 1 unspecified atom stereocenters. The highest BCUT2D eigenvalue weighted by molar-refractivity contribution is 7.91. The molecule has 0 aromatic heterocycles. The average molecular weight is 336 g/mol.